The van der Waals surface area contributed by atoms with Gasteiger partial charge < -0.3 is 20.3 Å². The highest BCUT2D eigenvalue weighted by Gasteiger charge is 2.16. The van der Waals surface area contributed by atoms with Gasteiger partial charge in [0.15, 0.2) is 0 Å². The molecule has 2 unspecified atom stereocenters. The molecule has 0 saturated carbocycles. The van der Waals surface area contributed by atoms with Crippen molar-refractivity contribution in [1.82, 2.24) is 0 Å². The van der Waals surface area contributed by atoms with E-state index in [9.17, 15) is 5.11 Å². The number of aliphatic hydroxyl groups is 1. The third-order valence-electron chi connectivity index (χ3n) is 2.35. The highest BCUT2D eigenvalue weighted by Crippen LogP contribution is 2.11. The number of nitrogens with two attached hydrogens (primary N) is 1. The first kappa shape index (κ1) is 14.8. The van der Waals surface area contributed by atoms with E-state index in [0.29, 0.717) is 19.8 Å². The Balaban J connectivity index is 3.32. The smallest absolute Gasteiger partial charge is 0.0780 e. The van der Waals surface area contributed by atoms with Crippen molar-refractivity contribution in [2.24, 2.45) is 5.73 Å². The van der Waals surface area contributed by atoms with Crippen LogP contribution in [-0.4, -0.2) is 43.7 Å². The van der Waals surface area contributed by atoms with Crippen molar-refractivity contribution in [2.45, 2.75) is 44.8 Å². The Morgan fingerprint density at radius 1 is 1.40 bits per heavy atom. The first-order valence-electron chi connectivity index (χ1n) is 5.55. The van der Waals surface area contributed by atoms with E-state index in [1.807, 2.05) is 6.92 Å². The number of rotatable bonds is 9. The molecular weight excluding hydrogens is 194 g/mol. The van der Waals surface area contributed by atoms with E-state index < -0.39 is 5.60 Å². The van der Waals surface area contributed by atoms with Gasteiger partial charge in [-0.15, -0.1) is 0 Å². The minimum absolute atomic E-state index is 0.144. The fourth-order valence-electron chi connectivity index (χ4n) is 1.28. The van der Waals surface area contributed by atoms with Crippen LogP contribution < -0.4 is 5.73 Å². The van der Waals surface area contributed by atoms with Crippen LogP contribution in [0.25, 0.3) is 0 Å². The number of ether oxygens (including phenoxy) is 2. The van der Waals surface area contributed by atoms with Gasteiger partial charge in [-0.3, -0.25) is 0 Å². The van der Waals surface area contributed by atoms with Crippen LogP contribution in [0.5, 0.6) is 0 Å². The largest absolute Gasteiger partial charge is 0.389 e. The summed E-state index contributed by atoms with van der Waals surface area (Å²) < 4.78 is 10.4. The van der Waals surface area contributed by atoms with E-state index in [0.717, 1.165) is 19.3 Å². The van der Waals surface area contributed by atoms with Gasteiger partial charge >= 0.3 is 0 Å². The molecule has 0 aliphatic carbocycles. The highest BCUT2D eigenvalue weighted by atomic mass is 16.5. The van der Waals surface area contributed by atoms with Crippen LogP contribution in [0, 0.1) is 0 Å². The Labute approximate surface area is 92.7 Å². The molecule has 0 spiro atoms. The summed E-state index contributed by atoms with van der Waals surface area (Å²) in [7, 11) is 1.66. The Bertz CT molecular complexity index is 151. The minimum Gasteiger partial charge on any atom is -0.389 e. The molecule has 0 saturated heterocycles. The summed E-state index contributed by atoms with van der Waals surface area (Å²) >= 11 is 0. The normalized spacial score (nSPS) is 17.4. The molecule has 0 aliphatic rings. The van der Waals surface area contributed by atoms with Gasteiger partial charge in [-0.25, -0.2) is 0 Å². The number of hydrogen-bond donors (Lipinski definition) is 2. The summed E-state index contributed by atoms with van der Waals surface area (Å²) in [4.78, 5) is 0. The molecule has 2 atom stereocenters. The van der Waals surface area contributed by atoms with E-state index in [4.69, 9.17) is 15.2 Å². The second-order valence-corrected chi connectivity index (χ2v) is 4.29. The van der Waals surface area contributed by atoms with Gasteiger partial charge in [0.2, 0.25) is 0 Å². The molecule has 0 fully saturated rings. The lowest BCUT2D eigenvalue weighted by molar-refractivity contribution is 0.00418. The van der Waals surface area contributed by atoms with Crippen LogP contribution in [0.1, 0.15) is 33.1 Å². The zero-order valence-electron chi connectivity index (χ0n) is 10.2. The molecule has 0 bridgehead atoms. The van der Waals surface area contributed by atoms with Gasteiger partial charge in [-0.05, 0) is 33.1 Å². The first-order valence-corrected chi connectivity index (χ1v) is 5.55. The summed E-state index contributed by atoms with van der Waals surface area (Å²) in [5.74, 6) is 0. The maximum Gasteiger partial charge on any atom is 0.0780 e. The Morgan fingerprint density at radius 3 is 2.60 bits per heavy atom. The van der Waals surface area contributed by atoms with Crippen LogP contribution in [0.4, 0.5) is 0 Å². The van der Waals surface area contributed by atoms with E-state index in [2.05, 4.69) is 0 Å². The van der Waals surface area contributed by atoms with Crippen LogP contribution in [0.3, 0.4) is 0 Å². The highest BCUT2D eigenvalue weighted by molar-refractivity contribution is 4.72. The second kappa shape index (κ2) is 8.05. The molecule has 0 aliphatic heterocycles. The third-order valence-corrected chi connectivity index (χ3v) is 2.35. The maximum atomic E-state index is 9.63. The van der Waals surface area contributed by atoms with Crippen LogP contribution in [-0.2, 0) is 9.47 Å². The summed E-state index contributed by atoms with van der Waals surface area (Å²) in [6.07, 6.45) is 2.75. The lowest BCUT2D eigenvalue weighted by atomic mass is 10.00. The fraction of sp³-hybridized carbons (Fsp3) is 1.00. The number of unbranched alkanes of at least 4 members (excludes halogenated alkanes) is 1. The van der Waals surface area contributed by atoms with Gasteiger partial charge in [0, 0.05) is 20.3 Å². The van der Waals surface area contributed by atoms with E-state index in [1.54, 1.807) is 14.0 Å². The lowest BCUT2D eigenvalue weighted by Crippen LogP contribution is -2.33. The van der Waals surface area contributed by atoms with Crippen LogP contribution in [0.15, 0.2) is 0 Å². The summed E-state index contributed by atoms with van der Waals surface area (Å²) in [6, 6.07) is 0. The molecule has 0 aromatic carbocycles. The van der Waals surface area contributed by atoms with Gasteiger partial charge in [0.05, 0.1) is 18.3 Å². The van der Waals surface area contributed by atoms with Crippen molar-refractivity contribution in [1.29, 1.82) is 0 Å². The van der Waals surface area contributed by atoms with Crippen LogP contribution >= 0.6 is 0 Å². The molecule has 92 valence electrons. The van der Waals surface area contributed by atoms with Crippen molar-refractivity contribution in [2.75, 3.05) is 26.9 Å². The monoisotopic (exact) mass is 219 g/mol. The minimum atomic E-state index is -0.724. The van der Waals surface area contributed by atoms with Crippen molar-refractivity contribution in [3.63, 3.8) is 0 Å². The van der Waals surface area contributed by atoms with Gasteiger partial charge in [0.1, 0.15) is 0 Å². The standard InChI is InChI=1S/C11H25NO3/c1-10(8-14-3)15-7-5-4-6-11(2,13)9-12/h10,13H,4-9,12H2,1-3H3. The topological polar surface area (TPSA) is 64.7 Å². The molecule has 0 aromatic rings. The molecule has 0 aromatic heterocycles. The average Bonchev–Trinajstić information content (AvgIpc) is 2.17. The zero-order chi connectivity index (χ0) is 11.7. The van der Waals surface area contributed by atoms with Crippen molar-refractivity contribution in [3.05, 3.63) is 0 Å². The molecule has 0 heterocycles. The van der Waals surface area contributed by atoms with E-state index >= 15 is 0 Å². The quantitative estimate of drug-likeness (QED) is 0.566. The molecule has 15 heavy (non-hydrogen) atoms. The van der Waals surface area contributed by atoms with E-state index in [1.165, 1.54) is 0 Å². The molecule has 4 heteroatoms. The van der Waals surface area contributed by atoms with E-state index in [-0.39, 0.29) is 6.10 Å². The zero-order valence-corrected chi connectivity index (χ0v) is 10.2. The van der Waals surface area contributed by atoms with Crippen molar-refractivity contribution in [3.8, 4) is 0 Å². The Morgan fingerprint density at radius 2 is 2.07 bits per heavy atom. The molecule has 3 N–H and O–H groups in total. The maximum absolute atomic E-state index is 9.63. The summed E-state index contributed by atoms with van der Waals surface area (Å²) in [6.45, 7) is 5.40. The average molecular weight is 219 g/mol. The first-order chi connectivity index (χ1) is 7.02. The molecular formula is C11H25NO3. The Hall–Kier alpha value is -0.160. The number of hydrogen-bond acceptors (Lipinski definition) is 4. The Kier molecular flexibility index (Phi) is 7.96. The second-order valence-electron chi connectivity index (χ2n) is 4.29. The molecule has 0 rings (SSSR count). The summed E-state index contributed by atoms with van der Waals surface area (Å²) in [5.41, 5.74) is 4.69. The predicted octanol–water partition coefficient (Wildman–Crippen LogP) is 0.918. The van der Waals surface area contributed by atoms with Crippen molar-refractivity contribution >= 4 is 0 Å². The van der Waals surface area contributed by atoms with Gasteiger partial charge in [-0.2, -0.15) is 0 Å². The van der Waals surface area contributed by atoms with Crippen molar-refractivity contribution < 1.29 is 14.6 Å². The number of methoxy groups -OCH3 is 1. The SMILES string of the molecule is COCC(C)OCCCCC(C)(O)CN. The van der Waals surface area contributed by atoms with Gasteiger partial charge in [-0.1, -0.05) is 0 Å². The lowest BCUT2D eigenvalue weighted by Gasteiger charge is -2.20. The molecule has 4 nitrogen and oxygen atoms in total. The van der Waals surface area contributed by atoms with Gasteiger partial charge in [0.25, 0.3) is 0 Å². The molecule has 0 amide bonds. The third kappa shape index (κ3) is 8.81. The van der Waals surface area contributed by atoms with Crippen LogP contribution in [0.2, 0.25) is 0 Å². The fourth-order valence-corrected chi connectivity index (χ4v) is 1.28. The molecule has 0 radical (unpaired) electrons. The summed E-state index contributed by atoms with van der Waals surface area (Å²) in [5, 5.41) is 9.63. The predicted molar refractivity (Wildman–Crippen MR) is 60.8 cm³/mol.